The summed E-state index contributed by atoms with van der Waals surface area (Å²) in [7, 11) is 1.60. The molecule has 1 aliphatic rings. The number of pyridine rings is 1. The van der Waals surface area contributed by atoms with E-state index in [9.17, 15) is 9.59 Å². The number of rotatable bonds is 2. The number of amides is 2. The molecule has 1 aromatic heterocycles. The van der Waals surface area contributed by atoms with Crippen LogP contribution in [0.15, 0.2) is 18.3 Å². The number of nitrogens with zero attached hydrogens (tertiary/aromatic N) is 3. The van der Waals surface area contributed by atoms with Gasteiger partial charge >= 0.3 is 6.09 Å². The summed E-state index contributed by atoms with van der Waals surface area (Å²) in [6.07, 6.45) is 1.34. The molecule has 7 heteroatoms. The Balaban J connectivity index is 1.97. The minimum absolute atomic E-state index is 0.138. The van der Waals surface area contributed by atoms with E-state index in [1.165, 1.54) is 0 Å². The maximum absolute atomic E-state index is 12.1. The van der Waals surface area contributed by atoms with Crippen LogP contribution in [-0.4, -0.2) is 60.7 Å². The molecule has 0 unspecified atom stereocenters. The van der Waals surface area contributed by atoms with E-state index in [0.29, 0.717) is 31.7 Å². The molecule has 1 fully saturated rings. The Bertz CT molecular complexity index is 575. The maximum atomic E-state index is 12.1. The van der Waals surface area contributed by atoms with Crippen molar-refractivity contribution in [3.63, 3.8) is 0 Å². The Kier molecular flexibility index (Phi) is 5.08. The van der Waals surface area contributed by atoms with E-state index in [1.54, 1.807) is 30.3 Å². The first-order chi connectivity index (χ1) is 10.8. The highest BCUT2D eigenvalue weighted by Crippen LogP contribution is 2.17. The number of hydrogen-bond acceptors (Lipinski definition) is 5. The number of hydrogen-bond donors (Lipinski definition) is 1. The molecule has 0 aromatic carbocycles. The zero-order valence-electron chi connectivity index (χ0n) is 14.1. The molecule has 126 valence electrons. The Morgan fingerprint density at radius 1 is 1.22 bits per heavy atom. The molecule has 0 saturated carbocycles. The van der Waals surface area contributed by atoms with Crippen LogP contribution in [0.25, 0.3) is 0 Å². The van der Waals surface area contributed by atoms with Crippen LogP contribution in [0.2, 0.25) is 0 Å². The van der Waals surface area contributed by atoms with Gasteiger partial charge in [-0.15, -0.1) is 0 Å². The zero-order chi connectivity index (χ0) is 17.0. The lowest BCUT2D eigenvalue weighted by molar-refractivity contribution is 0.0240. The van der Waals surface area contributed by atoms with Gasteiger partial charge in [0, 0.05) is 45.0 Å². The van der Waals surface area contributed by atoms with Crippen LogP contribution in [0, 0.1) is 0 Å². The Morgan fingerprint density at radius 3 is 2.43 bits per heavy atom. The van der Waals surface area contributed by atoms with Crippen molar-refractivity contribution in [1.29, 1.82) is 0 Å². The van der Waals surface area contributed by atoms with Crippen molar-refractivity contribution in [2.45, 2.75) is 26.4 Å². The van der Waals surface area contributed by atoms with E-state index < -0.39 is 5.60 Å². The van der Waals surface area contributed by atoms with Crippen molar-refractivity contribution >= 4 is 17.8 Å². The zero-order valence-corrected chi connectivity index (χ0v) is 14.1. The highest BCUT2D eigenvalue weighted by molar-refractivity contribution is 5.94. The molecule has 2 rings (SSSR count). The lowest BCUT2D eigenvalue weighted by Crippen LogP contribution is -2.50. The highest BCUT2D eigenvalue weighted by Gasteiger charge is 2.26. The number of ether oxygens (including phenoxy) is 1. The molecule has 1 saturated heterocycles. The fourth-order valence-electron chi connectivity index (χ4n) is 2.32. The van der Waals surface area contributed by atoms with Crippen molar-refractivity contribution < 1.29 is 14.3 Å². The first-order valence-corrected chi connectivity index (χ1v) is 7.71. The third kappa shape index (κ3) is 4.58. The predicted octanol–water partition coefficient (Wildman–Crippen LogP) is 1.50. The second kappa shape index (κ2) is 6.85. The van der Waals surface area contributed by atoms with E-state index in [-0.39, 0.29) is 12.0 Å². The van der Waals surface area contributed by atoms with Gasteiger partial charge in [0.05, 0.1) is 0 Å². The van der Waals surface area contributed by atoms with Gasteiger partial charge in [0.2, 0.25) is 0 Å². The number of piperazine rings is 1. The number of anilines is 1. The fourth-order valence-corrected chi connectivity index (χ4v) is 2.32. The first-order valence-electron chi connectivity index (χ1n) is 7.71. The molecule has 0 bridgehead atoms. The van der Waals surface area contributed by atoms with Crippen LogP contribution in [0.5, 0.6) is 0 Å². The van der Waals surface area contributed by atoms with Gasteiger partial charge < -0.3 is 19.9 Å². The monoisotopic (exact) mass is 320 g/mol. The number of nitrogens with one attached hydrogen (secondary N) is 1. The van der Waals surface area contributed by atoms with Crippen LogP contribution in [0.4, 0.5) is 10.6 Å². The third-order valence-corrected chi connectivity index (χ3v) is 3.49. The molecule has 0 aliphatic carbocycles. The maximum Gasteiger partial charge on any atom is 0.410 e. The van der Waals surface area contributed by atoms with Gasteiger partial charge in [-0.3, -0.25) is 4.79 Å². The van der Waals surface area contributed by atoms with Crippen LogP contribution >= 0.6 is 0 Å². The van der Waals surface area contributed by atoms with Crippen LogP contribution < -0.4 is 10.2 Å². The molecule has 7 nitrogen and oxygen atoms in total. The predicted molar refractivity (Wildman–Crippen MR) is 87.6 cm³/mol. The van der Waals surface area contributed by atoms with Gasteiger partial charge in [0.15, 0.2) is 0 Å². The minimum Gasteiger partial charge on any atom is -0.444 e. The highest BCUT2D eigenvalue weighted by atomic mass is 16.6. The normalized spacial score (nSPS) is 15.3. The average Bonchev–Trinajstić information content (AvgIpc) is 2.53. The molecule has 0 atom stereocenters. The SMILES string of the molecule is CNC(=O)c1ccnc(N2CCN(C(=O)OC(C)(C)C)CC2)c1. The van der Waals surface area contributed by atoms with Gasteiger partial charge in [0.1, 0.15) is 11.4 Å². The van der Waals surface area contributed by atoms with Crippen molar-refractivity contribution in [2.75, 3.05) is 38.1 Å². The van der Waals surface area contributed by atoms with Crippen LogP contribution in [-0.2, 0) is 4.74 Å². The van der Waals surface area contributed by atoms with Gasteiger partial charge in [-0.25, -0.2) is 9.78 Å². The summed E-state index contributed by atoms with van der Waals surface area (Å²) in [4.78, 5) is 31.8. The van der Waals surface area contributed by atoms with E-state index in [4.69, 9.17) is 4.74 Å². The lowest BCUT2D eigenvalue weighted by Gasteiger charge is -2.36. The standard InChI is InChI=1S/C16H24N4O3/c1-16(2,3)23-15(22)20-9-7-19(8-10-20)13-11-12(5-6-18-13)14(21)17-4/h5-6,11H,7-10H2,1-4H3,(H,17,21). The molecular weight excluding hydrogens is 296 g/mol. The molecule has 2 heterocycles. The van der Waals surface area contributed by atoms with Gasteiger partial charge in [0.25, 0.3) is 5.91 Å². The average molecular weight is 320 g/mol. The smallest absolute Gasteiger partial charge is 0.410 e. The quantitative estimate of drug-likeness (QED) is 0.894. The Labute approximate surface area is 136 Å². The van der Waals surface area contributed by atoms with Gasteiger partial charge in [-0.05, 0) is 32.9 Å². The molecule has 1 N–H and O–H groups in total. The first kappa shape index (κ1) is 17.1. The number of carbonyl (C=O) groups is 2. The van der Waals surface area contributed by atoms with Gasteiger partial charge in [-0.1, -0.05) is 0 Å². The lowest BCUT2D eigenvalue weighted by atomic mass is 10.2. The number of carbonyl (C=O) groups excluding carboxylic acids is 2. The summed E-state index contributed by atoms with van der Waals surface area (Å²) in [5.74, 6) is 0.607. The Hall–Kier alpha value is -2.31. The summed E-state index contributed by atoms with van der Waals surface area (Å²) in [5, 5.41) is 2.60. The molecule has 1 aliphatic heterocycles. The van der Waals surface area contributed by atoms with E-state index >= 15 is 0 Å². The summed E-state index contributed by atoms with van der Waals surface area (Å²) < 4.78 is 5.38. The largest absolute Gasteiger partial charge is 0.444 e. The molecule has 0 radical (unpaired) electrons. The van der Waals surface area contributed by atoms with E-state index in [2.05, 4.69) is 15.2 Å². The topological polar surface area (TPSA) is 74.8 Å². The van der Waals surface area contributed by atoms with E-state index in [1.807, 2.05) is 20.8 Å². The molecule has 2 amide bonds. The minimum atomic E-state index is -0.488. The van der Waals surface area contributed by atoms with Gasteiger partial charge in [-0.2, -0.15) is 0 Å². The summed E-state index contributed by atoms with van der Waals surface area (Å²) in [5.41, 5.74) is 0.0875. The van der Waals surface area contributed by atoms with E-state index in [0.717, 1.165) is 5.82 Å². The summed E-state index contributed by atoms with van der Waals surface area (Å²) in [6, 6.07) is 3.45. The summed E-state index contributed by atoms with van der Waals surface area (Å²) >= 11 is 0. The number of aromatic nitrogens is 1. The fraction of sp³-hybridized carbons (Fsp3) is 0.562. The second-order valence-corrected chi connectivity index (χ2v) is 6.44. The molecule has 23 heavy (non-hydrogen) atoms. The Morgan fingerprint density at radius 2 is 1.87 bits per heavy atom. The van der Waals surface area contributed by atoms with Crippen LogP contribution in [0.1, 0.15) is 31.1 Å². The molecule has 0 spiro atoms. The summed E-state index contributed by atoms with van der Waals surface area (Å²) in [6.45, 7) is 8.02. The van der Waals surface area contributed by atoms with Crippen molar-refractivity contribution in [3.05, 3.63) is 23.9 Å². The van der Waals surface area contributed by atoms with Crippen molar-refractivity contribution in [2.24, 2.45) is 0 Å². The molecular formula is C16H24N4O3. The second-order valence-electron chi connectivity index (χ2n) is 6.44. The third-order valence-electron chi connectivity index (χ3n) is 3.49. The molecule has 1 aromatic rings. The van der Waals surface area contributed by atoms with Crippen molar-refractivity contribution in [1.82, 2.24) is 15.2 Å². The van der Waals surface area contributed by atoms with Crippen LogP contribution in [0.3, 0.4) is 0 Å². The van der Waals surface area contributed by atoms with Crippen molar-refractivity contribution in [3.8, 4) is 0 Å².